The quantitative estimate of drug-likeness (QED) is 0.612. The molecule has 1 unspecified atom stereocenters. The number of aliphatic hydroxyl groups is 1. The predicted molar refractivity (Wildman–Crippen MR) is 72.2 cm³/mol. The number of carbonyl (C=O) groups excluding carboxylic acids is 1. The average molecular weight is 263 g/mol. The second kappa shape index (κ2) is 5.12. The first-order chi connectivity index (χ1) is 8.86. The number of fused-ring (bicyclic) bond motifs is 1. The minimum atomic E-state index is -1.06. The summed E-state index contributed by atoms with van der Waals surface area (Å²) >= 11 is 0. The lowest BCUT2D eigenvalue weighted by Crippen LogP contribution is -2.33. The summed E-state index contributed by atoms with van der Waals surface area (Å²) in [7, 11) is 0. The van der Waals surface area contributed by atoms with Crippen LogP contribution in [0.4, 0.5) is 0 Å². The third-order valence-corrected chi connectivity index (χ3v) is 4.99. The molecule has 0 heterocycles. The molecule has 0 radical (unpaired) electrons. The molecule has 1 N–H and O–H groups in total. The van der Waals surface area contributed by atoms with E-state index in [-0.39, 0.29) is 11.8 Å². The number of carbonyl (C=O) groups is 1. The first-order valence-electron chi connectivity index (χ1n) is 7.15. The van der Waals surface area contributed by atoms with Gasteiger partial charge in [-0.05, 0) is 64.4 Å². The van der Waals surface area contributed by atoms with Crippen LogP contribution >= 0.6 is 0 Å². The standard InChI is InChI=1S/C16H24O3/c1-4-12(15(17)18)11-6-5-10(2)13-7-8-16(3,19)14(13)9-11/h4,11,14,19H,5-9H2,1-3H3,(H,17,18)/p-1/t11-,14?,16-/m1/s1. The molecule has 0 aromatic heterocycles. The van der Waals surface area contributed by atoms with Gasteiger partial charge in [0.2, 0.25) is 0 Å². The lowest BCUT2D eigenvalue weighted by Gasteiger charge is -2.30. The van der Waals surface area contributed by atoms with Gasteiger partial charge in [0.05, 0.1) is 11.6 Å². The van der Waals surface area contributed by atoms with Gasteiger partial charge in [-0.3, -0.25) is 0 Å². The summed E-state index contributed by atoms with van der Waals surface area (Å²) in [6.45, 7) is 5.76. The third-order valence-electron chi connectivity index (χ3n) is 4.99. The molecular weight excluding hydrogens is 240 g/mol. The molecular formula is C16H23O3-. The van der Waals surface area contributed by atoms with E-state index >= 15 is 0 Å². The van der Waals surface area contributed by atoms with Crippen molar-refractivity contribution < 1.29 is 15.0 Å². The second-order valence-corrected chi connectivity index (χ2v) is 6.22. The summed E-state index contributed by atoms with van der Waals surface area (Å²) in [6, 6.07) is 0. The smallest absolute Gasteiger partial charge is 0.0688 e. The van der Waals surface area contributed by atoms with E-state index in [1.165, 1.54) is 11.1 Å². The summed E-state index contributed by atoms with van der Waals surface area (Å²) in [4.78, 5) is 11.2. The Labute approximate surface area is 115 Å². The summed E-state index contributed by atoms with van der Waals surface area (Å²) in [6.07, 6.45) is 5.89. The minimum absolute atomic E-state index is 0.00275. The Balaban J connectivity index is 2.30. The largest absolute Gasteiger partial charge is 0.545 e. The van der Waals surface area contributed by atoms with E-state index < -0.39 is 11.6 Å². The van der Waals surface area contributed by atoms with Gasteiger partial charge < -0.3 is 15.0 Å². The van der Waals surface area contributed by atoms with Crippen LogP contribution in [0.5, 0.6) is 0 Å². The first kappa shape index (κ1) is 14.3. The van der Waals surface area contributed by atoms with Crippen LogP contribution in [-0.4, -0.2) is 16.7 Å². The molecule has 3 nitrogen and oxygen atoms in total. The Morgan fingerprint density at radius 1 is 1.47 bits per heavy atom. The molecule has 2 rings (SSSR count). The highest BCUT2D eigenvalue weighted by molar-refractivity contribution is 5.85. The molecule has 3 heteroatoms. The Kier molecular flexibility index (Phi) is 3.86. The van der Waals surface area contributed by atoms with Gasteiger partial charge in [0, 0.05) is 5.92 Å². The number of hydrogen-bond donors (Lipinski definition) is 1. The van der Waals surface area contributed by atoms with Crippen molar-refractivity contribution in [3.05, 3.63) is 22.8 Å². The first-order valence-corrected chi connectivity index (χ1v) is 7.15. The fourth-order valence-corrected chi connectivity index (χ4v) is 3.77. The molecule has 0 amide bonds. The van der Waals surface area contributed by atoms with Gasteiger partial charge in [-0.15, -0.1) is 0 Å². The van der Waals surface area contributed by atoms with E-state index in [1.807, 2.05) is 6.92 Å². The summed E-state index contributed by atoms with van der Waals surface area (Å²) in [5.41, 5.74) is 2.42. The maximum Gasteiger partial charge on any atom is 0.0688 e. The van der Waals surface area contributed by atoms with E-state index in [4.69, 9.17) is 0 Å². The van der Waals surface area contributed by atoms with E-state index in [9.17, 15) is 15.0 Å². The van der Waals surface area contributed by atoms with Gasteiger partial charge in [0.25, 0.3) is 0 Å². The molecule has 19 heavy (non-hydrogen) atoms. The third kappa shape index (κ3) is 2.62. The van der Waals surface area contributed by atoms with Crippen molar-refractivity contribution in [2.24, 2.45) is 11.8 Å². The van der Waals surface area contributed by atoms with Crippen LogP contribution in [0.1, 0.15) is 52.9 Å². The molecule has 0 aromatic rings. The van der Waals surface area contributed by atoms with Crippen molar-refractivity contribution in [1.29, 1.82) is 0 Å². The van der Waals surface area contributed by atoms with Crippen molar-refractivity contribution in [1.82, 2.24) is 0 Å². The lowest BCUT2D eigenvalue weighted by molar-refractivity contribution is -0.300. The number of aliphatic carboxylic acids is 1. The van der Waals surface area contributed by atoms with Crippen LogP contribution in [0, 0.1) is 11.8 Å². The highest BCUT2D eigenvalue weighted by Gasteiger charge is 2.43. The number of rotatable bonds is 2. The minimum Gasteiger partial charge on any atom is -0.545 e. The molecule has 0 saturated heterocycles. The normalized spacial score (nSPS) is 36.1. The number of hydrogen-bond acceptors (Lipinski definition) is 3. The molecule has 0 aliphatic heterocycles. The van der Waals surface area contributed by atoms with E-state index in [0.29, 0.717) is 5.57 Å². The predicted octanol–water partition coefficient (Wildman–Crippen LogP) is 1.96. The van der Waals surface area contributed by atoms with Gasteiger partial charge in [0.15, 0.2) is 0 Å². The Morgan fingerprint density at radius 3 is 2.74 bits per heavy atom. The molecule has 106 valence electrons. The monoisotopic (exact) mass is 263 g/mol. The van der Waals surface area contributed by atoms with E-state index in [1.54, 1.807) is 13.0 Å². The van der Waals surface area contributed by atoms with Gasteiger partial charge in [-0.2, -0.15) is 0 Å². The number of carboxylic acids is 1. The molecule has 3 atom stereocenters. The Morgan fingerprint density at radius 2 is 2.16 bits per heavy atom. The number of carboxylic acid groups (broad SMARTS) is 1. The molecule has 2 aliphatic carbocycles. The topological polar surface area (TPSA) is 60.4 Å². The lowest BCUT2D eigenvalue weighted by atomic mass is 9.80. The Hall–Kier alpha value is -1.09. The zero-order chi connectivity index (χ0) is 14.2. The highest BCUT2D eigenvalue weighted by Crippen LogP contribution is 2.48. The van der Waals surface area contributed by atoms with Gasteiger partial charge in [-0.1, -0.05) is 17.2 Å². The Bertz CT molecular complexity index is 443. The fourth-order valence-electron chi connectivity index (χ4n) is 3.77. The van der Waals surface area contributed by atoms with Crippen LogP contribution in [0.25, 0.3) is 0 Å². The summed E-state index contributed by atoms with van der Waals surface area (Å²) in [5.74, 6) is -0.961. The molecule has 2 aliphatic rings. The SMILES string of the molecule is CC=C(C(=O)[O-])[C@@H]1CCC(C)=C2CC[C@@](C)(O)C2C1. The molecule has 0 spiro atoms. The van der Waals surface area contributed by atoms with Crippen LogP contribution in [-0.2, 0) is 4.79 Å². The van der Waals surface area contributed by atoms with Crippen molar-refractivity contribution in [2.45, 2.75) is 58.5 Å². The van der Waals surface area contributed by atoms with E-state index in [0.717, 1.165) is 32.1 Å². The summed E-state index contributed by atoms with van der Waals surface area (Å²) in [5, 5.41) is 21.7. The zero-order valence-electron chi connectivity index (χ0n) is 12.0. The van der Waals surface area contributed by atoms with Gasteiger partial charge in [0.1, 0.15) is 0 Å². The maximum atomic E-state index is 11.2. The second-order valence-electron chi connectivity index (χ2n) is 6.22. The molecule has 1 fully saturated rings. The van der Waals surface area contributed by atoms with Crippen LogP contribution in [0.3, 0.4) is 0 Å². The maximum absolute atomic E-state index is 11.2. The van der Waals surface area contributed by atoms with Gasteiger partial charge in [-0.25, -0.2) is 0 Å². The zero-order valence-corrected chi connectivity index (χ0v) is 12.0. The highest BCUT2D eigenvalue weighted by atomic mass is 16.4. The van der Waals surface area contributed by atoms with Crippen molar-refractivity contribution in [3.63, 3.8) is 0 Å². The van der Waals surface area contributed by atoms with Crippen molar-refractivity contribution in [2.75, 3.05) is 0 Å². The molecule has 1 saturated carbocycles. The van der Waals surface area contributed by atoms with Gasteiger partial charge >= 0.3 is 0 Å². The van der Waals surface area contributed by atoms with Crippen LogP contribution < -0.4 is 5.11 Å². The van der Waals surface area contributed by atoms with Crippen molar-refractivity contribution >= 4 is 5.97 Å². The number of allylic oxidation sites excluding steroid dienone is 2. The van der Waals surface area contributed by atoms with Crippen LogP contribution in [0.15, 0.2) is 22.8 Å². The average Bonchev–Trinajstić information content (AvgIpc) is 2.52. The molecule has 0 aromatic carbocycles. The summed E-state index contributed by atoms with van der Waals surface area (Å²) < 4.78 is 0. The van der Waals surface area contributed by atoms with E-state index in [2.05, 4.69) is 6.92 Å². The van der Waals surface area contributed by atoms with Crippen molar-refractivity contribution in [3.8, 4) is 0 Å². The fraction of sp³-hybridized carbons (Fsp3) is 0.688. The van der Waals surface area contributed by atoms with Crippen LogP contribution in [0.2, 0.25) is 0 Å². The molecule has 0 bridgehead atoms.